The van der Waals surface area contributed by atoms with Crippen molar-refractivity contribution >= 4 is 5.96 Å². The highest BCUT2D eigenvalue weighted by Gasteiger charge is 2.44. The number of guanidine groups is 1. The lowest BCUT2D eigenvalue weighted by Crippen LogP contribution is -2.41. The van der Waals surface area contributed by atoms with Gasteiger partial charge in [-0.05, 0) is 48.6 Å². The van der Waals surface area contributed by atoms with Crippen LogP contribution >= 0.6 is 0 Å². The standard InChI is InChI=1S/C21H27N3O/c1-16-7-4-5-10-19(16)21(11-12-21)15-24-20(22-2)23-14-17-8-6-9-18(13-17)25-3/h4-10,13H,11-12,14-15H2,1-3H3,(H2,22,23,24). The zero-order valence-electron chi connectivity index (χ0n) is 15.3. The van der Waals surface area contributed by atoms with Crippen LogP contribution in [0.15, 0.2) is 53.5 Å². The van der Waals surface area contributed by atoms with Crippen LogP contribution in [0.1, 0.15) is 29.5 Å². The van der Waals surface area contributed by atoms with Crippen LogP contribution in [0, 0.1) is 6.92 Å². The third kappa shape index (κ3) is 4.13. The van der Waals surface area contributed by atoms with Gasteiger partial charge in [0.2, 0.25) is 0 Å². The van der Waals surface area contributed by atoms with Crippen LogP contribution in [0.5, 0.6) is 5.75 Å². The molecule has 25 heavy (non-hydrogen) atoms. The Labute approximate surface area is 150 Å². The lowest BCUT2D eigenvalue weighted by molar-refractivity contribution is 0.414. The van der Waals surface area contributed by atoms with E-state index in [0.29, 0.717) is 6.54 Å². The number of ether oxygens (including phenoxy) is 1. The highest BCUT2D eigenvalue weighted by molar-refractivity contribution is 5.79. The van der Waals surface area contributed by atoms with Crippen LogP contribution in [0.3, 0.4) is 0 Å². The summed E-state index contributed by atoms with van der Waals surface area (Å²) in [5.41, 5.74) is 4.27. The fraction of sp³-hybridized carbons (Fsp3) is 0.381. The van der Waals surface area contributed by atoms with Gasteiger partial charge in [0, 0.05) is 25.6 Å². The minimum atomic E-state index is 0.263. The van der Waals surface area contributed by atoms with Crippen LogP contribution in [-0.2, 0) is 12.0 Å². The third-order valence-electron chi connectivity index (χ3n) is 4.98. The summed E-state index contributed by atoms with van der Waals surface area (Å²) in [5.74, 6) is 1.71. The van der Waals surface area contributed by atoms with E-state index in [1.165, 1.54) is 29.5 Å². The van der Waals surface area contributed by atoms with Gasteiger partial charge in [0.1, 0.15) is 5.75 Å². The van der Waals surface area contributed by atoms with E-state index < -0.39 is 0 Å². The molecule has 132 valence electrons. The Morgan fingerprint density at radius 3 is 2.60 bits per heavy atom. The summed E-state index contributed by atoms with van der Waals surface area (Å²) in [5, 5.41) is 6.89. The van der Waals surface area contributed by atoms with Crippen molar-refractivity contribution in [1.82, 2.24) is 10.6 Å². The predicted octanol–water partition coefficient (Wildman–Crippen LogP) is 3.40. The third-order valence-corrected chi connectivity index (χ3v) is 4.98. The molecule has 1 aliphatic rings. The van der Waals surface area contributed by atoms with Crippen molar-refractivity contribution in [2.24, 2.45) is 4.99 Å². The van der Waals surface area contributed by atoms with E-state index in [-0.39, 0.29) is 5.41 Å². The number of hydrogen-bond acceptors (Lipinski definition) is 2. The van der Waals surface area contributed by atoms with Crippen LogP contribution < -0.4 is 15.4 Å². The first-order valence-corrected chi connectivity index (χ1v) is 8.80. The Morgan fingerprint density at radius 2 is 1.92 bits per heavy atom. The van der Waals surface area contributed by atoms with Gasteiger partial charge in [-0.2, -0.15) is 0 Å². The maximum atomic E-state index is 5.27. The summed E-state index contributed by atoms with van der Waals surface area (Å²) in [6.07, 6.45) is 2.47. The van der Waals surface area contributed by atoms with Crippen LogP contribution in [0.25, 0.3) is 0 Å². The molecule has 1 saturated carbocycles. The fourth-order valence-electron chi connectivity index (χ4n) is 3.30. The molecule has 2 aromatic rings. The number of hydrogen-bond donors (Lipinski definition) is 2. The Hall–Kier alpha value is -2.49. The predicted molar refractivity (Wildman–Crippen MR) is 103 cm³/mol. The number of rotatable bonds is 6. The highest BCUT2D eigenvalue weighted by Crippen LogP contribution is 2.48. The summed E-state index contributed by atoms with van der Waals surface area (Å²) in [6, 6.07) is 16.8. The van der Waals surface area contributed by atoms with Crippen molar-refractivity contribution in [3.8, 4) is 5.75 Å². The van der Waals surface area contributed by atoms with Crippen LogP contribution in [-0.4, -0.2) is 26.7 Å². The molecule has 0 heterocycles. The number of aliphatic imine (C=N–C) groups is 1. The van der Waals surface area contributed by atoms with Crippen LogP contribution in [0.2, 0.25) is 0 Å². The first kappa shape index (κ1) is 17.3. The topological polar surface area (TPSA) is 45.7 Å². The maximum absolute atomic E-state index is 5.27. The molecule has 4 heteroatoms. The van der Waals surface area contributed by atoms with Gasteiger partial charge < -0.3 is 15.4 Å². The summed E-state index contributed by atoms with van der Waals surface area (Å²) in [7, 11) is 3.50. The Morgan fingerprint density at radius 1 is 1.12 bits per heavy atom. The molecule has 0 saturated heterocycles. The minimum absolute atomic E-state index is 0.263. The second-order valence-corrected chi connectivity index (χ2v) is 6.73. The van der Waals surface area contributed by atoms with Crippen molar-refractivity contribution in [1.29, 1.82) is 0 Å². The molecule has 4 nitrogen and oxygen atoms in total. The van der Waals surface area contributed by atoms with E-state index in [0.717, 1.165) is 18.3 Å². The van der Waals surface area contributed by atoms with E-state index in [1.54, 1.807) is 7.11 Å². The van der Waals surface area contributed by atoms with E-state index in [1.807, 2.05) is 25.2 Å². The van der Waals surface area contributed by atoms with Crippen molar-refractivity contribution in [3.05, 3.63) is 65.2 Å². The molecule has 0 radical (unpaired) electrons. The molecule has 0 unspecified atom stereocenters. The Bertz CT molecular complexity index is 750. The van der Waals surface area contributed by atoms with Gasteiger partial charge in [0.05, 0.1) is 7.11 Å². The fourth-order valence-corrected chi connectivity index (χ4v) is 3.30. The largest absolute Gasteiger partial charge is 0.497 e. The van der Waals surface area contributed by atoms with Crippen molar-refractivity contribution in [3.63, 3.8) is 0 Å². The second-order valence-electron chi connectivity index (χ2n) is 6.73. The zero-order valence-corrected chi connectivity index (χ0v) is 15.3. The first-order valence-electron chi connectivity index (χ1n) is 8.80. The summed E-state index contributed by atoms with van der Waals surface area (Å²) in [4.78, 5) is 4.36. The molecule has 2 aromatic carbocycles. The molecule has 1 aliphatic carbocycles. The van der Waals surface area contributed by atoms with Crippen molar-refractivity contribution in [2.45, 2.75) is 31.7 Å². The smallest absolute Gasteiger partial charge is 0.191 e. The summed E-state index contributed by atoms with van der Waals surface area (Å²) < 4.78 is 5.27. The molecule has 0 atom stereocenters. The lowest BCUT2D eigenvalue weighted by Gasteiger charge is -2.21. The highest BCUT2D eigenvalue weighted by atomic mass is 16.5. The Balaban J connectivity index is 1.57. The molecule has 0 aliphatic heterocycles. The Kier molecular flexibility index (Phi) is 5.27. The molecule has 0 aromatic heterocycles. The number of benzene rings is 2. The SMILES string of the molecule is CN=C(NCc1cccc(OC)c1)NCC1(c2ccccc2C)CC1. The molecule has 0 spiro atoms. The molecule has 1 fully saturated rings. The average Bonchev–Trinajstić information content (AvgIpc) is 3.43. The number of nitrogens with zero attached hydrogens (tertiary/aromatic N) is 1. The summed E-state index contributed by atoms with van der Waals surface area (Å²) in [6.45, 7) is 3.83. The lowest BCUT2D eigenvalue weighted by atomic mass is 9.92. The molecule has 0 bridgehead atoms. The van der Waals surface area contributed by atoms with Gasteiger partial charge in [-0.1, -0.05) is 36.4 Å². The second kappa shape index (κ2) is 7.60. The first-order chi connectivity index (χ1) is 12.2. The van der Waals surface area contributed by atoms with Crippen molar-refractivity contribution < 1.29 is 4.74 Å². The zero-order chi connectivity index (χ0) is 17.7. The quantitative estimate of drug-likeness (QED) is 0.627. The van der Waals surface area contributed by atoms with Gasteiger partial charge in [-0.15, -0.1) is 0 Å². The van der Waals surface area contributed by atoms with Crippen LogP contribution in [0.4, 0.5) is 0 Å². The number of nitrogens with one attached hydrogen (secondary N) is 2. The van der Waals surface area contributed by atoms with Gasteiger partial charge >= 0.3 is 0 Å². The van der Waals surface area contributed by atoms with Gasteiger partial charge in [-0.3, -0.25) is 4.99 Å². The maximum Gasteiger partial charge on any atom is 0.191 e. The van der Waals surface area contributed by atoms with Gasteiger partial charge in [0.15, 0.2) is 5.96 Å². The van der Waals surface area contributed by atoms with E-state index in [9.17, 15) is 0 Å². The number of aryl methyl sites for hydroxylation is 1. The average molecular weight is 337 g/mol. The summed E-state index contributed by atoms with van der Waals surface area (Å²) >= 11 is 0. The van der Waals surface area contributed by atoms with E-state index in [4.69, 9.17) is 4.74 Å². The molecule has 3 rings (SSSR count). The number of methoxy groups -OCH3 is 1. The normalized spacial score (nSPS) is 15.6. The van der Waals surface area contributed by atoms with Gasteiger partial charge in [0.25, 0.3) is 0 Å². The molecular weight excluding hydrogens is 310 g/mol. The minimum Gasteiger partial charge on any atom is -0.497 e. The van der Waals surface area contributed by atoms with E-state index >= 15 is 0 Å². The monoisotopic (exact) mass is 337 g/mol. The molecule has 0 amide bonds. The van der Waals surface area contributed by atoms with Gasteiger partial charge in [-0.25, -0.2) is 0 Å². The van der Waals surface area contributed by atoms with Crippen molar-refractivity contribution in [2.75, 3.05) is 20.7 Å². The molecule has 2 N–H and O–H groups in total. The molecular formula is C21H27N3O. The van der Waals surface area contributed by atoms with E-state index in [2.05, 4.69) is 52.9 Å².